The Kier molecular flexibility index (Phi) is 4.31. The van der Waals surface area contributed by atoms with E-state index in [1.807, 2.05) is 19.1 Å². The maximum absolute atomic E-state index is 12.2. The quantitative estimate of drug-likeness (QED) is 0.812. The Morgan fingerprint density at radius 2 is 2.00 bits per heavy atom. The lowest BCUT2D eigenvalue weighted by atomic mass is 10.1. The number of rotatable bonds is 4. The first-order valence-corrected chi connectivity index (χ1v) is 6.87. The third-order valence-electron chi connectivity index (χ3n) is 3.36. The predicted octanol–water partition coefficient (Wildman–Crippen LogP) is 2.59. The van der Waals surface area contributed by atoms with E-state index in [0.29, 0.717) is 35.7 Å². The summed E-state index contributed by atoms with van der Waals surface area (Å²) >= 11 is 0. The maximum Gasteiger partial charge on any atom is 0.340 e. The maximum atomic E-state index is 12.2. The zero-order chi connectivity index (χ0) is 15.6. The second-order valence-corrected chi connectivity index (χ2v) is 4.94. The Hall–Kier alpha value is -2.30. The first-order valence-electron chi connectivity index (χ1n) is 6.87. The molecule has 5 nitrogen and oxygen atoms in total. The van der Waals surface area contributed by atoms with Crippen LogP contribution in [-0.4, -0.2) is 17.1 Å². The van der Waals surface area contributed by atoms with Gasteiger partial charge in [-0.1, -0.05) is 0 Å². The van der Waals surface area contributed by atoms with Gasteiger partial charge < -0.3 is 13.7 Å². The van der Waals surface area contributed by atoms with Crippen LogP contribution in [0, 0.1) is 20.8 Å². The van der Waals surface area contributed by atoms with E-state index in [0.717, 1.165) is 5.76 Å². The van der Waals surface area contributed by atoms with Crippen LogP contribution in [0.2, 0.25) is 0 Å². The lowest BCUT2D eigenvalue weighted by Gasteiger charge is -2.14. The smallest absolute Gasteiger partial charge is 0.340 e. The number of furan rings is 1. The molecule has 0 bridgehead atoms. The van der Waals surface area contributed by atoms with Crippen molar-refractivity contribution in [2.75, 3.05) is 6.61 Å². The standard InChI is InChI=1S/C16H19NO4/c1-5-20-16(19)15-10(2)8-14(18)17(12(15)4)9-13-7-6-11(3)21-13/h6-8H,5,9H2,1-4H3. The van der Waals surface area contributed by atoms with E-state index in [1.165, 1.54) is 10.6 Å². The van der Waals surface area contributed by atoms with Gasteiger partial charge in [-0.15, -0.1) is 0 Å². The highest BCUT2D eigenvalue weighted by molar-refractivity contribution is 5.92. The number of hydrogen-bond donors (Lipinski definition) is 0. The molecule has 2 aromatic heterocycles. The minimum Gasteiger partial charge on any atom is -0.464 e. The van der Waals surface area contributed by atoms with Gasteiger partial charge in [0.25, 0.3) is 5.56 Å². The van der Waals surface area contributed by atoms with E-state index in [2.05, 4.69) is 0 Å². The van der Waals surface area contributed by atoms with Gasteiger partial charge in [0.1, 0.15) is 11.5 Å². The van der Waals surface area contributed by atoms with Crippen LogP contribution in [0.3, 0.4) is 0 Å². The second-order valence-electron chi connectivity index (χ2n) is 4.94. The van der Waals surface area contributed by atoms with Crippen molar-refractivity contribution in [2.24, 2.45) is 0 Å². The summed E-state index contributed by atoms with van der Waals surface area (Å²) in [7, 11) is 0. The van der Waals surface area contributed by atoms with Crippen molar-refractivity contribution in [1.82, 2.24) is 4.57 Å². The van der Waals surface area contributed by atoms with Crippen molar-refractivity contribution < 1.29 is 13.9 Å². The zero-order valence-electron chi connectivity index (χ0n) is 12.7. The number of hydrogen-bond acceptors (Lipinski definition) is 4. The molecule has 0 aliphatic carbocycles. The van der Waals surface area contributed by atoms with Gasteiger partial charge in [0.15, 0.2) is 0 Å². The summed E-state index contributed by atoms with van der Waals surface area (Å²) in [6, 6.07) is 5.12. The largest absolute Gasteiger partial charge is 0.464 e. The van der Waals surface area contributed by atoms with Crippen molar-refractivity contribution in [3.63, 3.8) is 0 Å². The Balaban J connectivity index is 2.48. The number of pyridine rings is 1. The van der Waals surface area contributed by atoms with E-state index >= 15 is 0 Å². The summed E-state index contributed by atoms with van der Waals surface area (Å²) in [5.74, 6) is 1.06. The monoisotopic (exact) mass is 289 g/mol. The normalized spacial score (nSPS) is 10.7. The summed E-state index contributed by atoms with van der Waals surface area (Å²) in [5, 5.41) is 0. The number of carbonyl (C=O) groups is 1. The Labute approximate surface area is 123 Å². The highest BCUT2D eigenvalue weighted by Crippen LogP contribution is 2.15. The number of aromatic nitrogens is 1. The fourth-order valence-corrected chi connectivity index (χ4v) is 2.36. The molecule has 0 aliphatic rings. The van der Waals surface area contributed by atoms with E-state index in [9.17, 15) is 9.59 Å². The van der Waals surface area contributed by atoms with Gasteiger partial charge in [-0.3, -0.25) is 4.79 Å². The van der Waals surface area contributed by atoms with Gasteiger partial charge in [0.2, 0.25) is 0 Å². The molecule has 5 heteroatoms. The summed E-state index contributed by atoms with van der Waals surface area (Å²) in [6.07, 6.45) is 0. The molecule has 0 unspecified atom stereocenters. The summed E-state index contributed by atoms with van der Waals surface area (Å²) < 4.78 is 12.1. The van der Waals surface area contributed by atoms with Crippen LogP contribution >= 0.6 is 0 Å². The van der Waals surface area contributed by atoms with Gasteiger partial charge in [-0.05, 0) is 45.4 Å². The molecule has 112 valence electrons. The first-order chi connectivity index (χ1) is 9.93. The molecule has 0 atom stereocenters. The van der Waals surface area contributed by atoms with Crippen molar-refractivity contribution in [3.05, 3.63) is 56.9 Å². The Morgan fingerprint density at radius 1 is 1.29 bits per heavy atom. The summed E-state index contributed by atoms with van der Waals surface area (Å²) in [4.78, 5) is 24.2. The molecule has 2 aromatic rings. The molecule has 0 aliphatic heterocycles. The minimum atomic E-state index is -0.406. The predicted molar refractivity (Wildman–Crippen MR) is 78.7 cm³/mol. The number of ether oxygens (including phenoxy) is 1. The molecule has 0 fully saturated rings. The number of carbonyl (C=O) groups excluding carboxylic acids is 1. The molecule has 0 saturated heterocycles. The molecule has 0 spiro atoms. The van der Waals surface area contributed by atoms with Crippen LogP contribution in [0.5, 0.6) is 0 Å². The SMILES string of the molecule is CCOC(=O)c1c(C)cc(=O)n(Cc2ccc(C)o2)c1C. The van der Waals surface area contributed by atoms with Crippen LogP contribution in [-0.2, 0) is 11.3 Å². The van der Waals surface area contributed by atoms with Crippen LogP contribution in [0.15, 0.2) is 27.4 Å². The van der Waals surface area contributed by atoms with Gasteiger partial charge in [0, 0.05) is 11.8 Å². The highest BCUT2D eigenvalue weighted by atomic mass is 16.5. The fraction of sp³-hybridized carbons (Fsp3) is 0.375. The molecule has 0 aromatic carbocycles. The Morgan fingerprint density at radius 3 is 2.57 bits per heavy atom. The number of esters is 1. The Bertz CT molecular complexity index is 724. The van der Waals surface area contributed by atoms with Crippen LogP contribution in [0.4, 0.5) is 0 Å². The van der Waals surface area contributed by atoms with Crippen LogP contribution in [0.25, 0.3) is 0 Å². The van der Waals surface area contributed by atoms with Crippen molar-refractivity contribution >= 4 is 5.97 Å². The summed E-state index contributed by atoms with van der Waals surface area (Å²) in [5.41, 5.74) is 1.50. The van der Waals surface area contributed by atoms with Crippen molar-refractivity contribution in [1.29, 1.82) is 0 Å². The van der Waals surface area contributed by atoms with Gasteiger partial charge in [-0.2, -0.15) is 0 Å². The van der Waals surface area contributed by atoms with E-state index in [4.69, 9.17) is 9.15 Å². The van der Waals surface area contributed by atoms with E-state index in [-0.39, 0.29) is 5.56 Å². The average molecular weight is 289 g/mol. The number of nitrogens with zero attached hydrogens (tertiary/aromatic N) is 1. The van der Waals surface area contributed by atoms with Crippen LogP contribution in [0.1, 0.15) is 40.1 Å². The topological polar surface area (TPSA) is 61.4 Å². The van der Waals surface area contributed by atoms with Crippen LogP contribution < -0.4 is 5.56 Å². The van der Waals surface area contributed by atoms with E-state index < -0.39 is 5.97 Å². The molecular weight excluding hydrogens is 270 g/mol. The number of aryl methyl sites for hydroxylation is 2. The second kappa shape index (κ2) is 5.99. The molecule has 21 heavy (non-hydrogen) atoms. The third kappa shape index (κ3) is 3.07. The van der Waals surface area contributed by atoms with E-state index in [1.54, 1.807) is 20.8 Å². The summed E-state index contributed by atoms with van der Waals surface area (Å²) in [6.45, 7) is 7.68. The lowest BCUT2D eigenvalue weighted by molar-refractivity contribution is 0.0523. The molecule has 0 radical (unpaired) electrons. The zero-order valence-corrected chi connectivity index (χ0v) is 12.7. The molecule has 0 N–H and O–H groups in total. The van der Waals surface area contributed by atoms with Gasteiger partial charge in [-0.25, -0.2) is 4.79 Å². The molecule has 0 saturated carbocycles. The highest BCUT2D eigenvalue weighted by Gasteiger charge is 2.18. The molecular formula is C16H19NO4. The molecule has 2 heterocycles. The average Bonchev–Trinajstić information content (AvgIpc) is 2.80. The third-order valence-corrected chi connectivity index (χ3v) is 3.36. The first kappa shape index (κ1) is 15.1. The fourth-order valence-electron chi connectivity index (χ4n) is 2.36. The van der Waals surface area contributed by atoms with Crippen molar-refractivity contribution in [2.45, 2.75) is 34.2 Å². The van der Waals surface area contributed by atoms with Gasteiger partial charge >= 0.3 is 5.97 Å². The molecule has 2 rings (SSSR count). The van der Waals surface area contributed by atoms with Crippen molar-refractivity contribution in [3.8, 4) is 0 Å². The minimum absolute atomic E-state index is 0.160. The van der Waals surface area contributed by atoms with Gasteiger partial charge in [0.05, 0.1) is 18.7 Å². The molecule has 0 amide bonds. The lowest BCUT2D eigenvalue weighted by Crippen LogP contribution is -2.26.